The minimum atomic E-state index is -0.710. The van der Waals surface area contributed by atoms with Crippen LogP contribution in [0.1, 0.15) is 58.9 Å². The van der Waals surface area contributed by atoms with Crippen LogP contribution in [-0.2, 0) is 23.4 Å². The first-order valence-corrected chi connectivity index (χ1v) is 11.2. The van der Waals surface area contributed by atoms with Gasteiger partial charge in [-0.05, 0) is 57.2 Å². The van der Waals surface area contributed by atoms with E-state index in [9.17, 15) is 19.1 Å². The number of aryl methyl sites for hydroxylation is 1. The molecule has 1 aliphatic carbocycles. The Morgan fingerprint density at radius 3 is 2.76 bits per heavy atom. The first-order chi connectivity index (χ1) is 16.3. The predicted molar refractivity (Wildman–Crippen MR) is 118 cm³/mol. The maximum atomic E-state index is 14.0. The number of nitrogens with zero attached hydrogens (tertiary/aromatic N) is 5. The molecule has 2 N–H and O–H groups in total. The number of aromatic hydroxyl groups is 1. The van der Waals surface area contributed by atoms with Gasteiger partial charge in [-0.2, -0.15) is 0 Å². The van der Waals surface area contributed by atoms with Gasteiger partial charge < -0.3 is 15.2 Å². The maximum Gasteiger partial charge on any atom is 0.296 e. The summed E-state index contributed by atoms with van der Waals surface area (Å²) in [5.41, 5.74) is 0.762. The van der Waals surface area contributed by atoms with E-state index in [1.165, 1.54) is 27.4 Å². The molecular weight excluding hydrogens is 443 g/mol. The summed E-state index contributed by atoms with van der Waals surface area (Å²) >= 11 is 0. The van der Waals surface area contributed by atoms with Crippen LogP contribution in [0.4, 0.5) is 4.39 Å². The number of hydrogen-bond acceptors (Lipinski definition) is 7. The Labute approximate surface area is 194 Å². The van der Waals surface area contributed by atoms with Gasteiger partial charge in [0.2, 0.25) is 5.75 Å². The highest BCUT2D eigenvalue weighted by Crippen LogP contribution is 2.45. The minimum absolute atomic E-state index is 0.00598. The first-order valence-electron chi connectivity index (χ1n) is 11.2. The number of hydrogen-bond donors (Lipinski definition) is 2. The molecule has 178 valence electrons. The normalized spacial score (nSPS) is 16.6. The molecule has 34 heavy (non-hydrogen) atoms. The van der Waals surface area contributed by atoms with Crippen LogP contribution in [0.15, 0.2) is 23.0 Å². The Morgan fingerprint density at radius 2 is 2.09 bits per heavy atom. The van der Waals surface area contributed by atoms with Gasteiger partial charge in [-0.25, -0.2) is 14.1 Å². The zero-order chi connectivity index (χ0) is 24.0. The number of carbonyl (C=O) groups is 1. The molecule has 2 aliphatic rings. The van der Waals surface area contributed by atoms with Crippen LogP contribution >= 0.6 is 0 Å². The lowest BCUT2D eigenvalue weighted by Gasteiger charge is -2.40. The smallest absolute Gasteiger partial charge is 0.296 e. The molecular formula is C23H25FN6O4. The van der Waals surface area contributed by atoms with Crippen molar-refractivity contribution in [3.05, 3.63) is 62.8 Å². The number of fused-ring (bicyclic) bond motifs is 2. The van der Waals surface area contributed by atoms with Crippen molar-refractivity contribution in [3.8, 4) is 11.4 Å². The Balaban J connectivity index is 1.46. The van der Waals surface area contributed by atoms with Crippen LogP contribution in [0.5, 0.6) is 5.75 Å². The van der Waals surface area contributed by atoms with E-state index in [1.54, 1.807) is 6.92 Å². The molecule has 5 rings (SSSR count). The third-order valence-corrected chi connectivity index (χ3v) is 6.67. The SMILES string of the molecule is Cc1nnn(-c2cc(F)ccc2CNC(=O)c2nc3n(c(=O)c2O)CCCOC32CCC2)c1C. The van der Waals surface area contributed by atoms with E-state index in [1.807, 2.05) is 6.92 Å². The van der Waals surface area contributed by atoms with Gasteiger partial charge in [0, 0.05) is 19.7 Å². The second-order valence-electron chi connectivity index (χ2n) is 8.77. The van der Waals surface area contributed by atoms with Crippen LogP contribution in [-0.4, -0.2) is 42.2 Å². The highest BCUT2D eigenvalue weighted by molar-refractivity contribution is 5.94. The molecule has 0 saturated heterocycles. The Morgan fingerprint density at radius 1 is 1.29 bits per heavy atom. The summed E-state index contributed by atoms with van der Waals surface area (Å²) in [7, 11) is 0. The number of halogens is 1. The van der Waals surface area contributed by atoms with Gasteiger partial charge in [0.05, 0.1) is 17.1 Å². The molecule has 1 spiro atoms. The Hall–Kier alpha value is -3.60. The molecule has 1 aromatic carbocycles. The number of amides is 1. The van der Waals surface area contributed by atoms with Crippen molar-refractivity contribution < 1.29 is 19.0 Å². The summed E-state index contributed by atoms with van der Waals surface area (Å²) in [6.07, 6.45) is 2.98. The molecule has 3 aromatic rings. The van der Waals surface area contributed by atoms with Gasteiger partial charge in [0.15, 0.2) is 5.69 Å². The first kappa shape index (κ1) is 22.2. The summed E-state index contributed by atoms with van der Waals surface area (Å²) in [4.78, 5) is 30.3. The molecule has 11 heteroatoms. The van der Waals surface area contributed by atoms with Gasteiger partial charge >= 0.3 is 0 Å². The van der Waals surface area contributed by atoms with Gasteiger partial charge in [0.1, 0.15) is 17.2 Å². The third kappa shape index (κ3) is 3.56. The number of nitrogens with one attached hydrogen (secondary N) is 1. The highest BCUT2D eigenvalue weighted by Gasteiger charge is 2.45. The molecule has 1 aliphatic heterocycles. The van der Waals surface area contributed by atoms with Crippen molar-refractivity contribution in [1.82, 2.24) is 29.9 Å². The summed E-state index contributed by atoms with van der Waals surface area (Å²) in [5, 5.41) is 21.3. The van der Waals surface area contributed by atoms with Crippen LogP contribution in [0.25, 0.3) is 5.69 Å². The van der Waals surface area contributed by atoms with Gasteiger partial charge in [-0.1, -0.05) is 11.3 Å². The maximum absolute atomic E-state index is 14.0. The Bertz CT molecular complexity index is 1340. The number of carbonyl (C=O) groups excluding carboxylic acids is 1. The van der Waals surface area contributed by atoms with Crippen molar-refractivity contribution in [1.29, 1.82) is 0 Å². The summed E-state index contributed by atoms with van der Waals surface area (Å²) in [5.74, 6) is -1.47. The monoisotopic (exact) mass is 468 g/mol. The molecule has 3 heterocycles. The summed E-state index contributed by atoms with van der Waals surface area (Å²) in [6.45, 7) is 4.46. The minimum Gasteiger partial charge on any atom is -0.501 e. The standard InChI is InChI=1S/C23H25FN6O4/c1-13-14(2)30(28-27-13)17-11-16(24)6-5-15(17)12-25-20(32)18-19(31)21(33)29-9-4-10-34-23(7-3-8-23)22(29)26-18/h5-6,11,31H,3-4,7-10,12H2,1-2H3,(H,25,32). The topological polar surface area (TPSA) is 124 Å². The average molecular weight is 468 g/mol. The number of ether oxygens (including phenoxy) is 1. The van der Waals surface area contributed by atoms with Gasteiger partial charge in [-0.15, -0.1) is 5.10 Å². The fraction of sp³-hybridized carbons (Fsp3) is 0.435. The van der Waals surface area contributed by atoms with E-state index in [0.29, 0.717) is 55.2 Å². The number of benzene rings is 1. The van der Waals surface area contributed by atoms with Gasteiger partial charge in [-0.3, -0.25) is 14.2 Å². The fourth-order valence-corrected chi connectivity index (χ4v) is 4.45. The van der Waals surface area contributed by atoms with Gasteiger partial charge in [0.25, 0.3) is 11.5 Å². The van der Waals surface area contributed by atoms with Crippen LogP contribution < -0.4 is 10.9 Å². The van der Waals surface area contributed by atoms with Crippen molar-refractivity contribution in [2.45, 2.75) is 58.2 Å². The quantitative estimate of drug-likeness (QED) is 0.600. The van der Waals surface area contributed by atoms with Crippen molar-refractivity contribution in [2.24, 2.45) is 0 Å². The Kier molecular flexibility index (Phi) is 5.43. The second-order valence-corrected chi connectivity index (χ2v) is 8.77. The van der Waals surface area contributed by atoms with Crippen LogP contribution in [0.3, 0.4) is 0 Å². The molecule has 0 radical (unpaired) electrons. The third-order valence-electron chi connectivity index (χ3n) is 6.67. The molecule has 10 nitrogen and oxygen atoms in total. The van der Waals surface area contributed by atoms with E-state index in [-0.39, 0.29) is 12.2 Å². The molecule has 0 unspecified atom stereocenters. The van der Waals surface area contributed by atoms with Crippen LogP contribution in [0.2, 0.25) is 0 Å². The van der Waals surface area contributed by atoms with E-state index in [4.69, 9.17) is 4.74 Å². The van der Waals surface area contributed by atoms with E-state index in [2.05, 4.69) is 20.6 Å². The van der Waals surface area contributed by atoms with Crippen LogP contribution in [0, 0.1) is 19.7 Å². The van der Waals surface area contributed by atoms with E-state index >= 15 is 0 Å². The largest absolute Gasteiger partial charge is 0.501 e. The van der Waals surface area contributed by atoms with E-state index < -0.39 is 28.6 Å². The molecule has 1 saturated carbocycles. The molecule has 2 aromatic heterocycles. The highest BCUT2D eigenvalue weighted by atomic mass is 19.1. The lowest BCUT2D eigenvalue weighted by molar-refractivity contribution is -0.108. The predicted octanol–water partition coefficient (Wildman–Crippen LogP) is 2.02. The van der Waals surface area contributed by atoms with Crippen molar-refractivity contribution >= 4 is 5.91 Å². The molecule has 1 amide bonds. The lowest BCUT2D eigenvalue weighted by Crippen LogP contribution is -2.43. The molecule has 0 bridgehead atoms. The zero-order valence-corrected chi connectivity index (χ0v) is 19.0. The number of rotatable bonds is 4. The summed E-state index contributed by atoms with van der Waals surface area (Å²) < 4.78 is 22.9. The van der Waals surface area contributed by atoms with E-state index in [0.717, 1.165) is 12.1 Å². The molecule has 0 atom stereocenters. The zero-order valence-electron chi connectivity index (χ0n) is 19.0. The lowest BCUT2D eigenvalue weighted by atomic mass is 9.79. The summed E-state index contributed by atoms with van der Waals surface area (Å²) in [6, 6.07) is 4.13. The second kappa shape index (κ2) is 8.32. The fourth-order valence-electron chi connectivity index (χ4n) is 4.45. The number of aromatic nitrogens is 5. The van der Waals surface area contributed by atoms with Crippen molar-refractivity contribution in [3.63, 3.8) is 0 Å². The molecule has 1 fully saturated rings. The average Bonchev–Trinajstić information content (AvgIpc) is 3.00. The van der Waals surface area contributed by atoms with Crippen molar-refractivity contribution in [2.75, 3.05) is 6.61 Å².